The van der Waals surface area contributed by atoms with Gasteiger partial charge in [0.25, 0.3) is 0 Å². The number of hydrogen-bond donors (Lipinski definition) is 1. The topological polar surface area (TPSA) is 49.4 Å². The van der Waals surface area contributed by atoms with Crippen LogP contribution in [0.3, 0.4) is 0 Å². The van der Waals surface area contributed by atoms with E-state index in [0.29, 0.717) is 12.6 Å². The molecule has 6 heteroatoms. The van der Waals surface area contributed by atoms with Crippen LogP contribution in [0.15, 0.2) is 23.1 Å². The van der Waals surface area contributed by atoms with E-state index < -0.39 is 10.0 Å². The van der Waals surface area contributed by atoms with Gasteiger partial charge in [-0.3, -0.25) is 0 Å². The normalized spacial score (nSPS) is 16.1. The third-order valence-electron chi connectivity index (χ3n) is 3.55. The Bertz CT molecular complexity index is 583. The van der Waals surface area contributed by atoms with Crippen LogP contribution >= 0.6 is 11.6 Å². The van der Waals surface area contributed by atoms with Gasteiger partial charge in [-0.05, 0) is 44.4 Å². The van der Waals surface area contributed by atoms with E-state index in [-0.39, 0.29) is 16.0 Å². The molecule has 0 aliphatic heterocycles. The molecular formula is C14H21ClN2O2S. The summed E-state index contributed by atoms with van der Waals surface area (Å²) in [5.74, 6) is 0. The summed E-state index contributed by atoms with van der Waals surface area (Å²) in [6, 6.07) is 5.68. The van der Waals surface area contributed by atoms with Gasteiger partial charge in [0.15, 0.2) is 0 Å². The summed E-state index contributed by atoms with van der Waals surface area (Å²) in [5, 5.41) is 3.64. The number of hydrogen-bond acceptors (Lipinski definition) is 3. The molecule has 20 heavy (non-hydrogen) atoms. The Morgan fingerprint density at radius 2 is 2.05 bits per heavy atom. The molecule has 1 saturated carbocycles. The third kappa shape index (κ3) is 3.52. The summed E-state index contributed by atoms with van der Waals surface area (Å²) in [4.78, 5) is 0.186. The lowest BCUT2D eigenvalue weighted by atomic mass is 10.2. The second-order valence-electron chi connectivity index (χ2n) is 5.53. The number of rotatable bonds is 6. The highest BCUT2D eigenvalue weighted by molar-refractivity contribution is 7.89. The van der Waals surface area contributed by atoms with Gasteiger partial charge >= 0.3 is 0 Å². The highest BCUT2D eigenvalue weighted by atomic mass is 35.5. The van der Waals surface area contributed by atoms with E-state index in [2.05, 4.69) is 5.32 Å². The molecule has 0 atom stereocenters. The lowest BCUT2D eigenvalue weighted by Gasteiger charge is -2.22. The Hall–Kier alpha value is -0.620. The average molecular weight is 317 g/mol. The molecule has 1 aliphatic carbocycles. The van der Waals surface area contributed by atoms with E-state index in [1.807, 2.05) is 19.9 Å². The van der Waals surface area contributed by atoms with Crippen LogP contribution in [0.2, 0.25) is 5.02 Å². The Morgan fingerprint density at radius 1 is 1.40 bits per heavy atom. The average Bonchev–Trinajstić information content (AvgIpc) is 3.20. The molecule has 2 rings (SSSR count). The van der Waals surface area contributed by atoms with Crippen molar-refractivity contribution in [3.8, 4) is 0 Å². The van der Waals surface area contributed by atoms with Crippen LogP contribution in [0, 0.1) is 0 Å². The van der Waals surface area contributed by atoms with E-state index in [1.54, 1.807) is 19.2 Å². The lowest BCUT2D eigenvalue weighted by Crippen LogP contribution is -2.33. The maximum atomic E-state index is 12.5. The van der Waals surface area contributed by atoms with Crippen molar-refractivity contribution in [3.05, 3.63) is 28.8 Å². The van der Waals surface area contributed by atoms with E-state index in [4.69, 9.17) is 11.6 Å². The number of benzene rings is 1. The van der Waals surface area contributed by atoms with Crippen molar-refractivity contribution in [2.75, 3.05) is 7.05 Å². The van der Waals surface area contributed by atoms with Crippen molar-refractivity contribution in [3.63, 3.8) is 0 Å². The lowest BCUT2D eigenvalue weighted by molar-refractivity contribution is 0.410. The largest absolute Gasteiger partial charge is 0.310 e. The van der Waals surface area contributed by atoms with Crippen molar-refractivity contribution in [1.29, 1.82) is 0 Å². The van der Waals surface area contributed by atoms with Crippen LogP contribution in [0.25, 0.3) is 0 Å². The summed E-state index contributed by atoms with van der Waals surface area (Å²) in [6.07, 6.45) is 2.41. The Morgan fingerprint density at radius 3 is 2.60 bits per heavy atom. The summed E-state index contributed by atoms with van der Waals surface area (Å²) < 4.78 is 26.4. The first kappa shape index (κ1) is 15.8. The Labute approximate surface area is 126 Å². The molecule has 0 spiro atoms. The third-order valence-corrected chi connectivity index (χ3v) is 6.07. The van der Waals surface area contributed by atoms with Gasteiger partial charge in [-0.25, -0.2) is 8.42 Å². The molecule has 4 nitrogen and oxygen atoms in total. The Kier molecular flexibility index (Phi) is 4.74. The summed E-state index contributed by atoms with van der Waals surface area (Å²) >= 11 is 6.08. The smallest absolute Gasteiger partial charge is 0.244 e. The molecule has 1 fully saturated rings. The number of nitrogens with zero attached hydrogens (tertiary/aromatic N) is 1. The number of sulfonamides is 1. The minimum atomic E-state index is -3.54. The first-order valence-electron chi connectivity index (χ1n) is 6.82. The molecule has 1 aromatic carbocycles. The quantitative estimate of drug-likeness (QED) is 0.877. The van der Waals surface area contributed by atoms with Crippen molar-refractivity contribution in [2.45, 2.75) is 50.2 Å². The minimum Gasteiger partial charge on any atom is -0.310 e. The predicted octanol–water partition coefficient (Wildman–Crippen LogP) is 2.62. The minimum absolute atomic E-state index is 0.107. The van der Waals surface area contributed by atoms with Gasteiger partial charge in [-0.1, -0.05) is 17.7 Å². The summed E-state index contributed by atoms with van der Waals surface area (Å²) in [5.41, 5.74) is 0.942. The van der Waals surface area contributed by atoms with Gasteiger partial charge < -0.3 is 5.32 Å². The van der Waals surface area contributed by atoms with E-state index in [0.717, 1.165) is 5.56 Å². The van der Waals surface area contributed by atoms with Crippen LogP contribution in [-0.2, 0) is 16.6 Å². The van der Waals surface area contributed by atoms with E-state index in [1.165, 1.54) is 17.1 Å². The van der Waals surface area contributed by atoms with Crippen molar-refractivity contribution >= 4 is 21.6 Å². The van der Waals surface area contributed by atoms with Gasteiger partial charge in [-0.2, -0.15) is 4.31 Å². The maximum Gasteiger partial charge on any atom is 0.244 e. The predicted molar refractivity (Wildman–Crippen MR) is 81.4 cm³/mol. The molecule has 1 aliphatic rings. The zero-order valence-corrected chi connectivity index (χ0v) is 13.6. The molecule has 1 N–H and O–H groups in total. The van der Waals surface area contributed by atoms with Gasteiger partial charge in [0, 0.05) is 25.7 Å². The molecule has 1 aromatic rings. The number of nitrogens with one attached hydrogen (secondary N) is 1. The zero-order chi connectivity index (χ0) is 14.9. The Balaban J connectivity index is 2.26. The highest BCUT2D eigenvalue weighted by Gasteiger charge is 2.26. The van der Waals surface area contributed by atoms with Crippen LogP contribution in [0.4, 0.5) is 0 Å². The van der Waals surface area contributed by atoms with Crippen molar-refractivity contribution in [1.82, 2.24) is 9.62 Å². The molecular weight excluding hydrogens is 296 g/mol. The van der Waals surface area contributed by atoms with Crippen LogP contribution < -0.4 is 5.32 Å². The molecule has 0 aromatic heterocycles. The first-order chi connectivity index (χ1) is 9.32. The van der Waals surface area contributed by atoms with E-state index >= 15 is 0 Å². The first-order valence-corrected chi connectivity index (χ1v) is 8.64. The molecule has 0 amide bonds. The van der Waals surface area contributed by atoms with Gasteiger partial charge in [0.1, 0.15) is 4.90 Å². The SMILES string of the molecule is CC(C)N(C)S(=O)(=O)c1cc(CNC2CC2)ccc1Cl. The standard InChI is InChI=1S/C14H21ClN2O2S/c1-10(2)17(3)20(18,19)14-8-11(4-7-13(14)15)9-16-12-5-6-12/h4,7-8,10,12,16H,5-6,9H2,1-3H3. The van der Waals surface area contributed by atoms with Crippen LogP contribution in [0.5, 0.6) is 0 Å². The monoisotopic (exact) mass is 316 g/mol. The zero-order valence-electron chi connectivity index (χ0n) is 12.1. The van der Waals surface area contributed by atoms with Crippen LogP contribution in [0.1, 0.15) is 32.3 Å². The summed E-state index contributed by atoms with van der Waals surface area (Å²) in [6.45, 7) is 4.35. The van der Waals surface area contributed by atoms with E-state index in [9.17, 15) is 8.42 Å². The van der Waals surface area contributed by atoms with Crippen LogP contribution in [-0.4, -0.2) is 31.9 Å². The molecule has 0 heterocycles. The fraction of sp³-hybridized carbons (Fsp3) is 0.571. The van der Waals surface area contributed by atoms with Gasteiger partial charge in [0.2, 0.25) is 10.0 Å². The highest BCUT2D eigenvalue weighted by Crippen LogP contribution is 2.27. The second-order valence-corrected chi connectivity index (χ2v) is 7.91. The molecule has 0 saturated heterocycles. The molecule has 112 valence electrons. The molecule has 0 bridgehead atoms. The fourth-order valence-corrected chi connectivity index (χ4v) is 3.73. The van der Waals surface area contributed by atoms with Gasteiger partial charge in [0.05, 0.1) is 5.02 Å². The van der Waals surface area contributed by atoms with Gasteiger partial charge in [-0.15, -0.1) is 0 Å². The fourth-order valence-electron chi connectivity index (χ4n) is 1.84. The summed E-state index contributed by atoms with van der Waals surface area (Å²) in [7, 11) is -1.97. The molecule has 0 unspecified atom stereocenters. The maximum absolute atomic E-state index is 12.5. The molecule has 0 radical (unpaired) electrons. The number of halogens is 1. The van der Waals surface area contributed by atoms with Crippen molar-refractivity contribution in [2.24, 2.45) is 0 Å². The van der Waals surface area contributed by atoms with Crippen molar-refractivity contribution < 1.29 is 8.42 Å². The second kappa shape index (κ2) is 6.02.